The van der Waals surface area contributed by atoms with Gasteiger partial charge in [-0.25, -0.2) is 19.7 Å². The summed E-state index contributed by atoms with van der Waals surface area (Å²) >= 11 is 0. The molecule has 1 fully saturated rings. The molecule has 0 aliphatic carbocycles. The number of benzene rings is 2. The van der Waals surface area contributed by atoms with E-state index in [9.17, 15) is 9.59 Å². The van der Waals surface area contributed by atoms with Crippen LogP contribution in [0.25, 0.3) is 22.0 Å². The fourth-order valence-electron chi connectivity index (χ4n) is 5.24. The van der Waals surface area contributed by atoms with E-state index in [1.54, 1.807) is 17.3 Å². The number of carbonyl (C=O) groups is 2. The number of aromatic nitrogens is 3. The third-order valence-electron chi connectivity index (χ3n) is 7.27. The van der Waals surface area contributed by atoms with E-state index in [4.69, 9.17) is 14.5 Å². The molecule has 0 bridgehead atoms. The van der Waals surface area contributed by atoms with Crippen LogP contribution in [0.15, 0.2) is 60.9 Å². The summed E-state index contributed by atoms with van der Waals surface area (Å²) in [5.41, 5.74) is 2.49. The molecular weight excluding hydrogens is 556 g/mol. The monoisotopic (exact) mass is 596 g/mol. The number of pyridine rings is 1. The van der Waals surface area contributed by atoms with Crippen LogP contribution in [-0.2, 0) is 9.53 Å². The predicted molar refractivity (Wildman–Crippen MR) is 172 cm³/mol. The minimum absolute atomic E-state index is 0.0125. The molecule has 0 radical (unpaired) electrons. The smallest absolute Gasteiger partial charge is 0.410 e. The summed E-state index contributed by atoms with van der Waals surface area (Å²) in [5.74, 6) is 1.50. The van der Waals surface area contributed by atoms with Gasteiger partial charge in [-0.15, -0.1) is 0 Å². The average molecular weight is 597 g/mol. The maximum Gasteiger partial charge on any atom is 0.410 e. The van der Waals surface area contributed by atoms with Crippen LogP contribution in [0.2, 0.25) is 0 Å². The van der Waals surface area contributed by atoms with Gasteiger partial charge in [0.25, 0.3) is 0 Å². The van der Waals surface area contributed by atoms with Crippen LogP contribution in [0.1, 0.15) is 58.9 Å². The van der Waals surface area contributed by atoms with Crippen LogP contribution in [0, 0.1) is 6.92 Å². The fraction of sp³-hybridized carbons (Fsp3) is 0.382. The highest BCUT2D eigenvalue weighted by Gasteiger charge is 2.28. The van der Waals surface area contributed by atoms with Gasteiger partial charge in [0, 0.05) is 54.4 Å². The number of hydrogen-bond acceptors (Lipinski definition) is 8. The van der Waals surface area contributed by atoms with Crippen molar-refractivity contribution < 1.29 is 19.1 Å². The van der Waals surface area contributed by atoms with Gasteiger partial charge in [-0.05, 0) is 76.8 Å². The van der Waals surface area contributed by atoms with E-state index in [0.717, 1.165) is 41.3 Å². The normalized spacial score (nSPS) is 15.1. The van der Waals surface area contributed by atoms with Gasteiger partial charge < -0.3 is 25.0 Å². The summed E-state index contributed by atoms with van der Waals surface area (Å²) in [6, 6.07) is 15.3. The Balaban J connectivity index is 1.38. The number of hydrogen-bond donors (Lipinski definition) is 2. The average Bonchev–Trinajstić information content (AvgIpc) is 2.98. The highest BCUT2D eigenvalue weighted by atomic mass is 16.6. The van der Waals surface area contributed by atoms with Gasteiger partial charge in [-0.3, -0.25) is 4.79 Å². The van der Waals surface area contributed by atoms with Gasteiger partial charge in [-0.2, -0.15) is 0 Å². The molecule has 0 saturated carbocycles. The van der Waals surface area contributed by atoms with Crippen molar-refractivity contribution in [2.45, 2.75) is 71.9 Å². The van der Waals surface area contributed by atoms with Crippen molar-refractivity contribution in [3.05, 3.63) is 66.5 Å². The molecule has 44 heavy (non-hydrogen) atoms. The molecule has 2 amide bonds. The number of fused-ring (bicyclic) bond motifs is 1. The van der Waals surface area contributed by atoms with Crippen LogP contribution in [0.3, 0.4) is 0 Å². The van der Waals surface area contributed by atoms with E-state index in [1.165, 1.54) is 0 Å². The lowest BCUT2D eigenvalue weighted by atomic mass is 10.0. The van der Waals surface area contributed by atoms with Gasteiger partial charge in [0.15, 0.2) is 0 Å². The van der Waals surface area contributed by atoms with Crippen molar-refractivity contribution in [2.75, 3.05) is 23.7 Å². The highest BCUT2D eigenvalue weighted by molar-refractivity contribution is 6.04. The zero-order valence-electron chi connectivity index (χ0n) is 26.0. The largest absolute Gasteiger partial charge is 0.444 e. The minimum Gasteiger partial charge on any atom is -0.444 e. The summed E-state index contributed by atoms with van der Waals surface area (Å²) in [7, 11) is 0. The Hall–Kier alpha value is -4.73. The molecule has 5 rings (SSSR count). The first-order valence-corrected chi connectivity index (χ1v) is 15.1. The first-order chi connectivity index (χ1) is 21.1. The maximum absolute atomic E-state index is 12.6. The van der Waals surface area contributed by atoms with Crippen LogP contribution in [0.4, 0.5) is 16.4 Å². The second kappa shape index (κ2) is 13.3. The van der Waals surface area contributed by atoms with Crippen molar-refractivity contribution in [2.24, 2.45) is 0 Å². The number of carbonyl (C=O) groups excluding carboxylic acids is 2. The zero-order chi connectivity index (χ0) is 31.3. The number of ether oxygens (including phenoxy) is 2. The van der Waals surface area contributed by atoms with E-state index < -0.39 is 5.60 Å². The Kier molecular flexibility index (Phi) is 9.27. The number of rotatable bonds is 8. The summed E-state index contributed by atoms with van der Waals surface area (Å²) in [6.07, 6.45) is 6.05. The molecule has 0 spiro atoms. The Bertz CT molecular complexity index is 1650. The van der Waals surface area contributed by atoms with E-state index in [2.05, 4.69) is 20.6 Å². The molecule has 1 unspecified atom stereocenters. The molecule has 10 nitrogen and oxygen atoms in total. The summed E-state index contributed by atoms with van der Waals surface area (Å²) in [4.78, 5) is 40.5. The molecular formula is C34H40N6O4. The number of nitrogens with one attached hydrogen (secondary N) is 2. The minimum atomic E-state index is -0.546. The molecule has 1 atom stereocenters. The summed E-state index contributed by atoms with van der Waals surface area (Å²) in [5, 5.41) is 8.19. The Morgan fingerprint density at radius 3 is 2.66 bits per heavy atom. The van der Waals surface area contributed by atoms with Crippen molar-refractivity contribution in [3.63, 3.8) is 0 Å². The van der Waals surface area contributed by atoms with Crippen LogP contribution in [0.5, 0.6) is 11.6 Å². The Labute approximate surface area is 258 Å². The third kappa shape index (κ3) is 7.42. The van der Waals surface area contributed by atoms with Gasteiger partial charge in [0.05, 0.1) is 11.3 Å². The van der Waals surface area contributed by atoms with Crippen LogP contribution >= 0.6 is 0 Å². The highest BCUT2D eigenvalue weighted by Crippen LogP contribution is 2.38. The van der Waals surface area contributed by atoms with E-state index in [-0.39, 0.29) is 18.0 Å². The molecule has 1 aliphatic rings. The maximum atomic E-state index is 12.6. The lowest BCUT2D eigenvalue weighted by Crippen LogP contribution is -2.47. The van der Waals surface area contributed by atoms with Crippen molar-refractivity contribution in [1.82, 2.24) is 19.9 Å². The number of anilines is 2. The summed E-state index contributed by atoms with van der Waals surface area (Å²) < 4.78 is 12.1. The topological polar surface area (TPSA) is 119 Å². The second-order valence-electron chi connectivity index (χ2n) is 12.0. The molecule has 230 valence electrons. The molecule has 1 saturated heterocycles. The van der Waals surface area contributed by atoms with E-state index in [0.29, 0.717) is 48.3 Å². The van der Waals surface area contributed by atoms with Gasteiger partial charge in [-0.1, -0.05) is 31.2 Å². The van der Waals surface area contributed by atoms with Gasteiger partial charge in [0.2, 0.25) is 17.7 Å². The third-order valence-corrected chi connectivity index (χ3v) is 7.27. The molecule has 2 aromatic carbocycles. The summed E-state index contributed by atoms with van der Waals surface area (Å²) in [6.45, 7) is 10.7. The van der Waals surface area contributed by atoms with Gasteiger partial charge in [0.1, 0.15) is 11.4 Å². The predicted octanol–water partition coefficient (Wildman–Crippen LogP) is 7.34. The number of nitrogens with zero attached hydrogens (tertiary/aromatic N) is 4. The lowest BCUT2D eigenvalue weighted by molar-refractivity contribution is -0.116. The Morgan fingerprint density at radius 1 is 1.02 bits per heavy atom. The number of amides is 2. The quantitative estimate of drug-likeness (QED) is 0.217. The second-order valence-corrected chi connectivity index (χ2v) is 12.0. The number of likely N-dealkylation sites (tertiary alicyclic amines) is 1. The SMILES string of the molecule is CCCC(=O)Nc1cccc2c(Oc3ncccc3-c3ccnc(NC4CCCN(C(=O)OC(C)(C)C)C4)n3)c(C)ccc12. The fourth-order valence-corrected chi connectivity index (χ4v) is 5.24. The van der Waals surface area contributed by atoms with Crippen LogP contribution in [-0.4, -0.2) is 56.6 Å². The van der Waals surface area contributed by atoms with Crippen molar-refractivity contribution in [3.8, 4) is 22.9 Å². The van der Waals surface area contributed by atoms with Crippen molar-refractivity contribution in [1.29, 1.82) is 0 Å². The molecule has 3 heterocycles. The molecule has 2 aromatic heterocycles. The van der Waals surface area contributed by atoms with Crippen LogP contribution < -0.4 is 15.4 Å². The first-order valence-electron chi connectivity index (χ1n) is 15.1. The lowest BCUT2D eigenvalue weighted by Gasteiger charge is -2.34. The molecule has 10 heteroatoms. The number of aryl methyl sites for hydroxylation is 1. The number of piperidine rings is 1. The first kappa shape index (κ1) is 30.7. The Morgan fingerprint density at radius 2 is 1.86 bits per heavy atom. The molecule has 4 aromatic rings. The molecule has 1 aliphatic heterocycles. The molecule has 2 N–H and O–H groups in total. The zero-order valence-corrected chi connectivity index (χ0v) is 26.0. The standard InChI is InChI=1S/C34H40N6O4/c1-6-10-29(41)38-27-14-7-12-25-24(27)16-15-22(2)30(25)43-31-26(13-8-18-35-31)28-17-19-36-32(39-28)37-23-11-9-20-40(21-23)33(42)44-34(3,4)5/h7-8,12-19,23H,6,9-11,20-21H2,1-5H3,(H,38,41)(H,36,37,39). The van der Waals surface area contributed by atoms with Crippen molar-refractivity contribution >= 4 is 34.4 Å². The van der Waals surface area contributed by atoms with E-state index >= 15 is 0 Å². The van der Waals surface area contributed by atoms with E-state index in [1.807, 2.05) is 83.1 Å². The van der Waals surface area contributed by atoms with Gasteiger partial charge >= 0.3 is 6.09 Å².